The van der Waals surface area contributed by atoms with Gasteiger partial charge in [-0.15, -0.1) is 12.4 Å². The summed E-state index contributed by atoms with van der Waals surface area (Å²) >= 11 is 0. The summed E-state index contributed by atoms with van der Waals surface area (Å²) in [5.74, 6) is 0.472. The van der Waals surface area contributed by atoms with Crippen molar-refractivity contribution in [1.29, 1.82) is 0 Å². The number of pyridine rings is 1. The molecule has 1 aromatic carbocycles. The Kier molecular flexibility index (Phi) is 7.42. The van der Waals surface area contributed by atoms with Crippen molar-refractivity contribution in [2.24, 2.45) is 21.5 Å². The number of halogens is 1. The third-order valence-corrected chi connectivity index (χ3v) is 2.69. The van der Waals surface area contributed by atoms with Crippen molar-refractivity contribution in [2.75, 3.05) is 0 Å². The minimum absolute atomic E-state index is 0. The van der Waals surface area contributed by atoms with Crippen LogP contribution < -0.4 is 16.8 Å². The normalized spacial score (nSPS) is 11.6. The highest BCUT2D eigenvalue weighted by molar-refractivity contribution is 5.96. The monoisotopic (exact) mass is 318 g/mol. The summed E-state index contributed by atoms with van der Waals surface area (Å²) in [5, 5.41) is 2.76. The number of aliphatic imine (C=N–C) groups is 2. The van der Waals surface area contributed by atoms with E-state index >= 15 is 0 Å². The van der Waals surface area contributed by atoms with Gasteiger partial charge in [0, 0.05) is 12.4 Å². The number of benzene rings is 1. The van der Waals surface area contributed by atoms with Crippen LogP contribution in [0.1, 0.15) is 11.1 Å². The number of nitrogens with one attached hydrogen (secondary N) is 1. The van der Waals surface area contributed by atoms with E-state index in [9.17, 15) is 0 Å². The molecule has 0 amide bonds. The van der Waals surface area contributed by atoms with Gasteiger partial charge in [-0.1, -0.05) is 36.4 Å². The molecule has 0 aliphatic rings. The Labute approximate surface area is 135 Å². The maximum Gasteiger partial charge on any atom is 0.195 e. The maximum atomic E-state index is 5.76. The molecule has 0 saturated heterocycles. The summed E-state index contributed by atoms with van der Waals surface area (Å²) in [6.07, 6.45) is 3.45. The number of guanidine groups is 2. The molecule has 2 aromatic rings. The summed E-state index contributed by atoms with van der Waals surface area (Å²) in [6.45, 7) is 0.939. The van der Waals surface area contributed by atoms with Crippen LogP contribution in [0.5, 0.6) is 0 Å². The first-order valence-electron chi connectivity index (χ1n) is 6.54. The summed E-state index contributed by atoms with van der Waals surface area (Å²) in [5.41, 5.74) is 13.6. The number of nitrogens with two attached hydrogens (primary N) is 2. The van der Waals surface area contributed by atoms with Gasteiger partial charge in [-0.05, 0) is 17.2 Å². The lowest BCUT2D eigenvalue weighted by Crippen LogP contribution is -2.41. The van der Waals surface area contributed by atoms with E-state index in [4.69, 9.17) is 11.5 Å². The van der Waals surface area contributed by atoms with Crippen LogP contribution in [0.2, 0.25) is 0 Å². The smallest absolute Gasteiger partial charge is 0.195 e. The first-order valence-corrected chi connectivity index (χ1v) is 6.54. The van der Waals surface area contributed by atoms with Crippen LogP contribution in [0, 0.1) is 0 Å². The largest absolute Gasteiger partial charge is 0.370 e. The van der Waals surface area contributed by atoms with Gasteiger partial charge in [-0.3, -0.25) is 10.3 Å². The molecule has 5 N–H and O–H groups in total. The maximum absolute atomic E-state index is 5.76. The lowest BCUT2D eigenvalue weighted by molar-refractivity contribution is 1.00. The second-order valence-corrected chi connectivity index (χ2v) is 4.37. The third-order valence-electron chi connectivity index (χ3n) is 2.69. The van der Waals surface area contributed by atoms with Gasteiger partial charge in [0.2, 0.25) is 0 Å². The number of hydrogen-bond acceptors (Lipinski definition) is 3. The third kappa shape index (κ3) is 6.23. The quantitative estimate of drug-likeness (QED) is 0.586. The van der Waals surface area contributed by atoms with Crippen LogP contribution >= 0.6 is 12.4 Å². The molecule has 0 unspecified atom stereocenters. The topological polar surface area (TPSA) is 102 Å². The van der Waals surface area contributed by atoms with Crippen molar-refractivity contribution < 1.29 is 0 Å². The summed E-state index contributed by atoms with van der Waals surface area (Å²) in [4.78, 5) is 12.4. The van der Waals surface area contributed by atoms with Crippen molar-refractivity contribution in [1.82, 2.24) is 10.3 Å². The standard InChI is InChI=1S/C15H18N6.ClH/c16-14(19-10-12-5-2-1-3-6-12)21-15(17)20-11-13-7-4-8-18-9-13;/h1-9H,10-11H2,(H5,16,17,19,20,21);1H. The summed E-state index contributed by atoms with van der Waals surface area (Å²) < 4.78 is 0. The van der Waals surface area contributed by atoms with Crippen molar-refractivity contribution in [3.63, 3.8) is 0 Å². The van der Waals surface area contributed by atoms with Crippen molar-refractivity contribution in [3.8, 4) is 0 Å². The molecule has 0 spiro atoms. The van der Waals surface area contributed by atoms with E-state index < -0.39 is 0 Å². The highest BCUT2D eigenvalue weighted by Crippen LogP contribution is 1.99. The van der Waals surface area contributed by atoms with Gasteiger partial charge in [-0.2, -0.15) is 0 Å². The van der Waals surface area contributed by atoms with E-state index in [0.29, 0.717) is 13.1 Å². The lowest BCUT2D eigenvalue weighted by Gasteiger charge is -2.05. The van der Waals surface area contributed by atoms with Gasteiger partial charge in [0.05, 0.1) is 13.1 Å². The molecule has 7 heteroatoms. The first kappa shape index (κ1) is 17.5. The number of aromatic nitrogens is 1. The molecule has 2 rings (SSSR count). The predicted octanol–water partition coefficient (Wildman–Crippen LogP) is 1.42. The second kappa shape index (κ2) is 9.36. The van der Waals surface area contributed by atoms with Crippen LogP contribution in [0.3, 0.4) is 0 Å². The molecular formula is C15H19ClN6. The molecule has 0 bridgehead atoms. The fourth-order valence-corrected chi connectivity index (χ4v) is 1.64. The Morgan fingerprint density at radius 3 is 2.09 bits per heavy atom. The Hall–Kier alpha value is -2.60. The highest BCUT2D eigenvalue weighted by atomic mass is 35.5. The van der Waals surface area contributed by atoms with Crippen LogP contribution in [-0.4, -0.2) is 16.9 Å². The van der Waals surface area contributed by atoms with E-state index in [1.807, 2.05) is 42.5 Å². The van der Waals surface area contributed by atoms with Gasteiger partial charge in [0.1, 0.15) is 0 Å². The van der Waals surface area contributed by atoms with Gasteiger partial charge in [0.25, 0.3) is 0 Å². The molecule has 0 aliphatic carbocycles. The van der Waals surface area contributed by atoms with Crippen molar-refractivity contribution >= 4 is 24.3 Å². The van der Waals surface area contributed by atoms with E-state index in [1.165, 1.54) is 0 Å². The molecule has 0 saturated carbocycles. The lowest BCUT2D eigenvalue weighted by atomic mass is 10.2. The predicted molar refractivity (Wildman–Crippen MR) is 91.7 cm³/mol. The minimum atomic E-state index is 0. The molecule has 0 radical (unpaired) electrons. The Balaban J connectivity index is 0.00000242. The minimum Gasteiger partial charge on any atom is -0.370 e. The Bertz CT molecular complexity index is 557. The average molecular weight is 319 g/mol. The van der Waals surface area contributed by atoms with Crippen molar-refractivity contribution in [3.05, 3.63) is 66.0 Å². The zero-order chi connectivity index (χ0) is 14.9. The molecule has 0 fully saturated rings. The van der Waals surface area contributed by atoms with Crippen LogP contribution in [0.4, 0.5) is 0 Å². The van der Waals surface area contributed by atoms with Gasteiger partial charge < -0.3 is 11.5 Å². The van der Waals surface area contributed by atoms with Gasteiger partial charge in [0.15, 0.2) is 11.9 Å². The molecular weight excluding hydrogens is 300 g/mol. The number of rotatable bonds is 4. The molecule has 0 atom stereocenters. The van der Waals surface area contributed by atoms with Gasteiger partial charge in [-0.25, -0.2) is 9.98 Å². The van der Waals surface area contributed by atoms with E-state index in [0.717, 1.165) is 11.1 Å². The average Bonchev–Trinajstić information content (AvgIpc) is 2.53. The first-order chi connectivity index (χ1) is 10.2. The van der Waals surface area contributed by atoms with Gasteiger partial charge >= 0.3 is 0 Å². The number of hydrogen-bond donors (Lipinski definition) is 3. The Morgan fingerprint density at radius 1 is 0.909 bits per heavy atom. The highest BCUT2D eigenvalue weighted by Gasteiger charge is 1.96. The number of nitrogens with zero attached hydrogens (tertiary/aromatic N) is 3. The molecule has 6 nitrogen and oxygen atoms in total. The van der Waals surface area contributed by atoms with Crippen molar-refractivity contribution in [2.45, 2.75) is 13.1 Å². The molecule has 1 heterocycles. The van der Waals surface area contributed by atoms with Crippen LogP contribution in [0.25, 0.3) is 0 Å². The molecule has 0 aliphatic heterocycles. The Morgan fingerprint density at radius 2 is 1.50 bits per heavy atom. The van der Waals surface area contributed by atoms with Crippen LogP contribution in [-0.2, 0) is 13.1 Å². The zero-order valence-corrected chi connectivity index (χ0v) is 12.8. The van der Waals surface area contributed by atoms with Crippen LogP contribution in [0.15, 0.2) is 64.8 Å². The SMILES string of the molecule is Cl.NC(=NCc1ccccc1)NC(N)=NCc1cccnc1. The second-order valence-electron chi connectivity index (χ2n) is 4.37. The van der Waals surface area contributed by atoms with E-state index in [2.05, 4.69) is 20.3 Å². The zero-order valence-electron chi connectivity index (χ0n) is 12.0. The fourth-order valence-electron chi connectivity index (χ4n) is 1.64. The summed E-state index contributed by atoms with van der Waals surface area (Å²) in [6, 6.07) is 13.6. The van der Waals surface area contributed by atoms with E-state index in [-0.39, 0.29) is 24.3 Å². The molecule has 22 heavy (non-hydrogen) atoms. The molecule has 116 valence electrons. The fraction of sp³-hybridized carbons (Fsp3) is 0.133. The molecule has 1 aromatic heterocycles. The van der Waals surface area contributed by atoms with E-state index in [1.54, 1.807) is 12.4 Å². The summed E-state index contributed by atoms with van der Waals surface area (Å²) in [7, 11) is 0.